The lowest BCUT2D eigenvalue weighted by atomic mass is 9.74. The Hall–Kier alpha value is -2.43. The van der Waals surface area contributed by atoms with Gasteiger partial charge in [-0.3, -0.25) is 4.79 Å². The molecule has 1 aromatic carbocycles. The van der Waals surface area contributed by atoms with Crippen molar-refractivity contribution in [1.29, 1.82) is 0 Å². The summed E-state index contributed by atoms with van der Waals surface area (Å²) in [5.41, 5.74) is 1.15. The van der Waals surface area contributed by atoms with Crippen LogP contribution >= 0.6 is 0 Å². The van der Waals surface area contributed by atoms with Gasteiger partial charge in [0, 0.05) is 12.0 Å². The highest BCUT2D eigenvalue weighted by Crippen LogP contribution is 2.42. The van der Waals surface area contributed by atoms with Crippen LogP contribution in [0.4, 0.5) is 0 Å². The monoisotopic (exact) mass is 355 g/mol. The molecule has 26 heavy (non-hydrogen) atoms. The van der Waals surface area contributed by atoms with Gasteiger partial charge in [0.1, 0.15) is 17.6 Å². The molecule has 2 aliphatic rings. The second kappa shape index (κ2) is 6.08. The first-order valence-electron chi connectivity index (χ1n) is 9.14. The Morgan fingerprint density at radius 2 is 1.88 bits per heavy atom. The Kier molecular flexibility index (Phi) is 3.98. The van der Waals surface area contributed by atoms with Gasteiger partial charge in [-0.1, -0.05) is 26.0 Å². The zero-order valence-corrected chi connectivity index (χ0v) is 15.7. The molecule has 2 aromatic rings. The second-order valence-corrected chi connectivity index (χ2v) is 8.15. The summed E-state index contributed by atoms with van der Waals surface area (Å²) in [7, 11) is 0. The minimum atomic E-state index is -0.675. The third-order valence-corrected chi connectivity index (χ3v) is 5.15. The van der Waals surface area contributed by atoms with Gasteiger partial charge in [-0.05, 0) is 43.9 Å². The van der Waals surface area contributed by atoms with Gasteiger partial charge in [-0.2, -0.15) is 0 Å². The first kappa shape index (κ1) is 17.0. The van der Waals surface area contributed by atoms with Gasteiger partial charge in [0.2, 0.25) is 6.10 Å². The highest BCUT2D eigenvalue weighted by molar-refractivity contribution is 5.82. The van der Waals surface area contributed by atoms with Crippen LogP contribution in [0.25, 0.3) is 0 Å². The number of ether oxygens (including phenoxy) is 2. The topological polar surface area (TPSA) is 60.7 Å². The summed E-state index contributed by atoms with van der Waals surface area (Å²) in [5.74, 6) is 2.99. The number of furan rings is 1. The number of carbonyl (C=O) groups excluding carboxylic acids is 1. The van der Waals surface area contributed by atoms with E-state index >= 15 is 0 Å². The lowest BCUT2D eigenvalue weighted by Gasteiger charge is -2.36. The molecule has 0 spiro atoms. The standard InChI is InChI=1S/C21H25NO4/c1-12-9-14-15(10-21(3,4)11-18(14)24-12)22-20(23)19-13(2)25-16-7-5-6-8-17(16)26-19/h5-9,13,15,19H,10-11H2,1-4H3,(H,22,23)/t13-,15-,19-/m0/s1. The van der Waals surface area contributed by atoms with Gasteiger partial charge in [-0.25, -0.2) is 0 Å². The van der Waals surface area contributed by atoms with Crippen LogP contribution in [-0.4, -0.2) is 18.1 Å². The Bertz CT molecular complexity index is 838. The van der Waals surface area contributed by atoms with E-state index in [0.717, 1.165) is 29.9 Å². The van der Waals surface area contributed by atoms with Gasteiger partial charge in [0.05, 0.1) is 6.04 Å². The fourth-order valence-electron chi connectivity index (χ4n) is 3.97. The van der Waals surface area contributed by atoms with E-state index < -0.39 is 6.10 Å². The lowest BCUT2D eigenvalue weighted by molar-refractivity contribution is -0.134. The fourth-order valence-corrected chi connectivity index (χ4v) is 3.97. The largest absolute Gasteiger partial charge is 0.482 e. The van der Waals surface area contributed by atoms with E-state index in [1.807, 2.05) is 44.2 Å². The van der Waals surface area contributed by atoms with E-state index in [1.54, 1.807) is 0 Å². The van der Waals surface area contributed by atoms with Crippen molar-refractivity contribution in [2.75, 3.05) is 0 Å². The molecule has 0 fully saturated rings. The average Bonchev–Trinajstić information content (AvgIpc) is 2.93. The fraction of sp³-hybridized carbons (Fsp3) is 0.476. The number of rotatable bonds is 2. The van der Waals surface area contributed by atoms with Gasteiger partial charge in [0.25, 0.3) is 5.91 Å². The van der Waals surface area contributed by atoms with E-state index in [-0.39, 0.29) is 23.5 Å². The highest BCUT2D eigenvalue weighted by Gasteiger charge is 2.39. The van der Waals surface area contributed by atoms with Crippen molar-refractivity contribution in [3.8, 4) is 11.5 Å². The van der Waals surface area contributed by atoms with Crippen molar-refractivity contribution in [2.45, 2.75) is 58.8 Å². The van der Waals surface area contributed by atoms with Crippen LogP contribution in [-0.2, 0) is 11.2 Å². The molecule has 0 unspecified atom stereocenters. The van der Waals surface area contributed by atoms with Crippen molar-refractivity contribution in [2.24, 2.45) is 5.41 Å². The summed E-state index contributed by atoms with van der Waals surface area (Å²) in [6, 6.07) is 9.39. The number of carbonyl (C=O) groups is 1. The van der Waals surface area contributed by atoms with Crippen molar-refractivity contribution < 1.29 is 18.7 Å². The molecular formula is C21H25NO4. The Morgan fingerprint density at radius 1 is 1.19 bits per heavy atom. The molecule has 4 rings (SSSR count). The maximum atomic E-state index is 13.0. The number of amides is 1. The van der Waals surface area contributed by atoms with Gasteiger partial charge in [-0.15, -0.1) is 0 Å². The summed E-state index contributed by atoms with van der Waals surface area (Å²) in [6.45, 7) is 8.21. The average molecular weight is 355 g/mol. The third-order valence-electron chi connectivity index (χ3n) is 5.15. The molecule has 0 saturated carbocycles. The van der Waals surface area contributed by atoms with Crippen molar-refractivity contribution in [3.05, 3.63) is 47.4 Å². The summed E-state index contributed by atoms with van der Waals surface area (Å²) in [4.78, 5) is 13.0. The Morgan fingerprint density at radius 3 is 2.62 bits per heavy atom. The SMILES string of the molecule is Cc1cc2c(o1)CC(C)(C)C[C@@H]2NC(=O)[C@H]1Oc2ccccc2O[C@H]1C. The first-order valence-corrected chi connectivity index (χ1v) is 9.14. The molecule has 0 saturated heterocycles. The quantitative estimate of drug-likeness (QED) is 0.886. The normalized spacial score (nSPS) is 26.1. The number of nitrogens with one attached hydrogen (secondary N) is 1. The number of hydrogen-bond acceptors (Lipinski definition) is 4. The molecule has 1 aromatic heterocycles. The van der Waals surface area contributed by atoms with Crippen molar-refractivity contribution >= 4 is 5.91 Å². The molecule has 2 heterocycles. The van der Waals surface area contributed by atoms with E-state index in [1.165, 1.54) is 0 Å². The summed E-state index contributed by atoms with van der Waals surface area (Å²) < 4.78 is 17.7. The van der Waals surface area contributed by atoms with Crippen LogP contribution in [0.2, 0.25) is 0 Å². The predicted octanol–water partition coefficient (Wildman–Crippen LogP) is 3.95. The summed E-state index contributed by atoms with van der Waals surface area (Å²) in [6.07, 6.45) is 0.719. The maximum Gasteiger partial charge on any atom is 0.265 e. The van der Waals surface area contributed by atoms with Crippen molar-refractivity contribution in [1.82, 2.24) is 5.32 Å². The zero-order chi connectivity index (χ0) is 18.5. The van der Waals surface area contributed by atoms with Crippen LogP contribution in [0.5, 0.6) is 11.5 Å². The predicted molar refractivity (Wildman–Crippen MR) is 97.4 cm³/mol. The van der Waals surface area contributed by atoms with Crippen molar-refractivity contribution in [3.63, 3.8) is 0 Å². The molecule has 138 valence electrons. The number of fused-ring (bicyclic) bond motifs is 2. The molecule has 1 aliphatic heterocycles. The molecule has 5 heteroatoms. The minimum Gasteiger partial charge on any atom is -0.482 e. The van der Waals surface area contributed by atoms with Crippen LogP contribution < -0.4 is 14.8 Å². The number of benzene rings is 1. The third kappa shape index (κ3) is 3.06. The second-order valence-electron chi connectivity index (χ2n) is 8.15. The minimum absolute atomic E-state index is 0.0668. The molecule has 0 radical (unpaired) electrons. The molecule has 3 atom stereocenters. The summed E-state index contributed by atoms with van der Waals surface area (Å²) in [5, 5.41) is 3.17. The highest BCUT2D eigenvalue weighted by atomic mass is 16.6. The van der Waals surface area contributed by atoms with Crippen LogP contribution in [0.15, 0.2) is 34.7 Å². The van der Waals surface area contributed by atoms with E-state index in [4.69, 9.17) is 13.9 Å². The number of para-hydroxylation sites is 2. The Labute approximate surface area is 153 Å². The molecular weight excluding hydrogens is 330 g/mol. The summed E-state index contributed by atoms with van der Waals surface area (Å²) >= 11 is 0. The van der Waals surface area contributed by atoms with Gasteiger partial charge < -0.3 is 19.2 Å². The molecule has 1 N–H and O–H groups in total. The van der Waals surface area contributed by atoms with Crippen LogP contribution in [0.1, 0.15) is 50.3 Å². The zero-order valence-electron chi connectivity index (χ0n) is 15.7. The Balaban J connectivity index is 1.55. The maximum absolute atomic E-state index is 13.0. The molecule has 0 bridgehead atoms. The lowest BCUT2D eigenvalue weighted by Crippen LogP contribution is -2.50. The molecule has 5 nitrogen and oxygen atoms in total. The number of aryl methyl sites for hydroxylation is 1. The smallest absolute Gasteiger partial charge is 0.265 e. The first-order chi connectivity index (χ1) is 12.3. The van der Waals surface area contributed by atoms with Gasteiger partial charge in [0.15, 0.2) is 11.5 Å². The van der Waals surface area contributed by atoms with Crippen LogP contribution in [0, 0.1) is 12.3 Å². The van der Waals surface area contributed by atoms with Crippen LogP contribution in [0.3, 0.4) is 0 Å². The van der Waals surface area contributed by atoms with E-state index in [9.17, 15) is 4.79 Å². The molecule has 1 aliphatic carbocycles. The number of hydrogen-bond donors (Lipinski definition) is 1. The molecule has 1 amide bonds. The van der Waals surface area contributed by atoms with Gasteiger partial charge >= 0.3 is 0 Å². The van der Waals surface area contributed by atoms with E-state index in [0.29, 0.717) is 11.5 Å². The van der Waals surface area contributed by atoms with E-state index in [2.05, 4.69) is 19.2 Å².